The van der Waals surface area contributed by atoms with Gasteiger partial charge in [-0.15, -0.1) is 0 Å². The van der Waals surface area contributed by atoms with Crippen LogP contribution in [0, 0.1) is 0 Å². The Morgan fingerprint density at radius 3 is 0.902 bits per heavy atom. The van der Waals surface area contributed by atoms with E-state index in [1.807, 2.05) is 0 Å². The molecule has 0 aromatic carbocycles. The zero-order chi connectivity index (χ0) is 28.5. The fourth-order valence-corrected chi connectivity index (χ4v) is 6.69. The van der Waals surface area contributed by atoms with E-state index in [4.69, 9.17) is 0 Å². The van der Waals surface area contributed by atoms with E-state index in [9.17, 15) is 0 Å². The zero-order valence-corrected chi connectivity index (χ0v) is 27.0. The second-order valence-corrected chi connectivity index (χ2v) is 13.2. The normalized spacial score (nSPS) is 20.3. The average Bonchev–Trinajstić information content (AvgIpc) is 2.99. The SMILES string of the molecule is c1cc2c[n+](c1)CCCCCCCCCCCCCCCc1ccc[n+](c1)CCCCCCCCCCCCCC2. The molecule has 3 rings (SSSR count). The first-order valence-electron chi connectivity index (χ1n) is 18.4. The topological polar surface area (TPSA) is 7.76 Å². The minimum absolute atomic E-state index is 1.19. The number of fused-ring (bicyclic) bond motifs is 4. The van der Waals surface area contributed by atoms with Crippen molar-refractivity contribution >= 4 is 0 Å². The summed E-state index contributed by atoms with van der Waals surface area (Å²) in [4.78, 5) is 0. The van der Waals surface area contributed by atoms with Gasteiger partial charge >= 0.3 is 0 Å². The smallest absolute Gasteiger partial charge is 0.171 e. The van der Waals surface area contributed by atoms with Crippen molar-refractivity contribution in [1.82, 2.24) is 0 Å². The zero-order valence-electron chi connectivity index (χ0n) is 27.0. The van der Waals surface area contributed by atoms with E-state index in [0.29, 0.717) is 0 Å². The second kappa shape index (κ2) is 23.8. The minimum Gasteiger partial charge on any atom is -0.205 e. The van der Waals surface area contributed by atoms with Crippen LogP contribution in [0.25, 0.3) is 0 Å². The van der Waals surface area contributed by atoms with Gasteiger partial charge < -0.3 is 0 Å². The molecule has 230 valence electrons. The molecule has 0 amide bonds. The number of nitrogens with zero attached hydrogens (tertiary/aromatic N) is 2. The molecule has 1 aliphatic rings. The molecule has 0 unspecified atom stereocenters. The largest absolute Gasteiger partial charge is 0.205 e. The molecule has 0 radical (unpaired) electrons. The minimum atomic E-state index is 1.19. The Morgan fingerprint density at radius 1 is 0.317 bits per heavy atom. The van der Waals surface area contributed by atoms with Crippen LogP contribution in [0.15, 0.2) is 49.1 Å². The summed E-state index contributed by atoms with van der Waals surface area (Å²) in [5, 5.41) is 0. The molecule has 2 nitrogen and oxygen atoms in total. The predicted octanol–water partition coefficient (Wildman–Crippen LogP) is 10.8. The maximum Gasteiger partial charge on any atom is 0.171 e. The first kappa shape index (κ1) is 33.8. The maximum atomic E-state index is 2.44. The van der Waals surface area contributed by atoms with Gasteiger partial charge in [0.1, 0.15) is 13.1 Å². The van der Waals surface area contributed by atoms with Gasteiger partial charge in [-0.05, 0) is 50.7 Å². The van der Waals surface area contributed by atoms with Crippen LogP contribution in [0.2, 0.25) is 0 Å². The standard InChI is InChI=1S/C39H66N2/c1-2-6-10-14-18-22-28-38-30-26-35-41(36-38)33-25-21-17-13-9-5-3-7-11-15-19-23-29-39-31-27-34-40(37-39)32-24-20-16-12-8-4-1/h26-27,30-31,34-37H,1-25,28-29,32-33H2/q+2. The molecule has 0 spiro atoms. The molecule has 0 aliphatic carbocycles. The molecular formula is C39H66N2+2. The monoisotopic (exact) mass is 563 g/mol. The van der Waals surface area contributed by atoms with E-state index in [1.165, 1.54) is 198 Å². The lowest BCUT2D eigenvalue weighted by Crippen LogP contribution is -2.33. The first-order valence-corrected chi connectivity index (χ1v) is 18.4. The van der Waals surface area contributed by atoms with E-state index in [1.54, 1.807) is 0 Å². The molecule has 41 heavy (non-hydrogen) atoms. The van der Waals surface area contributed by atoms with Gasteiger partial charge in [0.05, 0.1) is 0 Å². The van der Waals surface area contributed by atoms with Gasteiger partial charge in [0.15, 0.2) is 24.8 Å². The molecule has 2 heteroatoms. The molecule has 0 saturated heterocycles. The Hall–Kier alpha value is -1.70. The number of aromatic nitrogens is 2. The van der Waals surface area contributed by atoms with Gasteiger partial charge in [-0.2, -0.15) is 0 Å². The van der Waals surface area contributed by atoms with Crippen LogP contribution >= 0.6 is 0 Å². The third kappa shape index (κ3) is 17.8. The third-order valence-electron chi connectivity index (χ3n) is 9.35. The van der Waals surface area contributed by atoms with E-state index >= 15 is 0 Å². The third-order valence-corrected chi connectivity index (χ3v) is 9.35. The number of hydrogen-bond acceptors (Lipinski definition) is 0. The maximum absolute atomic E-state index is 2.44. The Labute approximate surface area is 255 Å². The lowest BCUT2D eigenvalue weighted by Gasteiger charge is -2.04. The predicted molar refractivity (Wildman–Crippen MR) is 176 cm³/mol. The Morgan fingerprint density at radius 2 is 0.585 bits per heavy atom. The van der Waals surface area contributed by atoms with Crippen LogP contribution < -0.4 is 9.13 Å². The van der Waals surface area contributed by atoms with E-state index < -0.39 is 0 Å². The fourth-order valence-electron chi connectivity index (χ4n) is 6.69. The number of aryl methyl sites for hydroxylation is 4. The summed E-state index contributed by atoms with van der Waals surface area (Å²) in [6, 6.07) is 9.21. The van der Waals surface area contributed by atoms with Gasteiger partial charge in [-0.3, -0.25) is 0 Å². The summed E-state index contributed by atoms with van der Waals surface area (Å²) in [7, 11) is 0. The van der Waals surface area contributed by atoms with E-state index in [0.717, 1.165) is 0 Å². The number of pyridine rings is 2. The summed E-state index contributed by atoms with van der Waals surface area (Å²) in [6.45, 7) is 2.39. The molecule has 0 N–H and O–H groups in total. The first-order chi connectivity index (χ1) is 20.4. The van der Waals surface area contributed by atoms with Crippen molar-refractivity contribution in [2.75, 3.05) is 0 Å². The van der Waals surface area contributed by atoms with Gasteiger partial charge in [-0.1, -0.05) is 122 Å². The molecule has 0 fully saturated rings. The molecular weight excluding hydrogens is 496 g/mol. The summed E-state index contributed by atoms with van der Waals surface area (Å²) in [5.41, 5.74) is 3.07. The van der Waals surface area contributed by atoms with Gasteiger partial charge in [-0.25, -0.2) is 9.13 Å². The van der Waals surface area contributed by atoms with Crippen LogP contribution in [-0.2, 0) is 25.9 Å². The molecule has 2 aromatic heterocycles. The van der Waals surface area contributed by atoms with Gasteiger partial charge in [0.2, 0.25) is 0 Å². The van der Waals surface area contributed by atoms with Crippen LogP contribution in [0.3, 0.4) is 0 Å². The van der Waals surface area contributed by atoms with Crippen molar-refractivity contribution in [1.29, 1.82) is 0 Å². The molecule has 4 bridgehead atoms. The van der Waals surface area contributed by atoms with Crippen molar-refractivity contribution < 1.29 is 9.13 Å². The van der Waals surface area contributed by atoms with E-state index in [2.05, 4.69) is 58.2 Å². The van der Waals surface area contributed by atoms with Gasteiger partial charge in [0.25, 0.3) is 0 Å². The van der Waals surface area contributed by atoms with Crippen LogP contribution in [0.4, 0.5) is 0 Å². The van der Waals surface area contributed by atoms with Crippen molar-refractivity contribution in [2.45, 2.75) is 186 Å². The summed E-state index contributed by atoms with van der Waals surface area (Å²) < 4.78 is 4.89. The second-order valence-electron chi connectivity index (χ2n) is 13.2. The quantitative estimate of drug-likeness (QED) is 0.282. The summed E-state index contributed by atoms with van der Waals surface area (Å²) in [5.74, 6) is 0. The molecule has 2 aromatic rings. The highest BCUT2D eigenvalue weighted by molar-refractivity contribution is 5.05. The van der Waals surface area contributed by atoms with Crippen LogP contribution in [0.1, 0.15) is 172 Å². The van der Waals surface area contributed by atoms with Crippen molar-refractivity contribution in [3.8, 4) is 0 Å². The highest BCUT2D eigenvalue weighted by atomic mass is 14.9. The van der Waals surface area contributed by atoms with E-state index in [-0.39, 0.29) is 0 Å². The Kier molecular flexibility index (Phi) is 19.6. The number of hydrogen-bond donors (Lipinski definition) is 0. The van der Waals surface area contributed by atoms with Crippen LogP contribution in [-0.4, -0.2) is 0 Å². The average molecular weight is 563 g/mol. The summed E-state index contributed by atoms with van der Waals surface area (Å²) in [6.07, 6.45) is 47.3. The highest BCUT2D eigenvalue weighted by Gasteiger charge is 2.05. The lowest BCUT2D eigenvalue weighted by atomic mass is 10.0. The lowest BCUT2D eigenvalue weighted by molar-refractivity contribution is -0.697. The molecule has 1 aliphatic heterocycles. The fraction of sp³-hybridized carbons (Fsp3) is 0.744. The molecule has 0 saturated carbocycles. The Bertz CT molecular complexity index is 804. The van der Waals surface area contributed by atoms with Crippen LogP contribution in [0.5, 0.6) is 0 Å². The van der Waals surface area contributed by atoms with Gasteiger partial charge in [0, 0.05) is 36.1 Å². The number of rotatable bonds is 0. The van der Waals surface area contributed by atoms with Crippen molar-refractivity contribution in [3.05, 3.63) is 60.2 Å². The molecule has 3 heterocycles. The molecule has 0 atom stereocenters. The van der Waals surface area contributed by atoms with Crippen molar-refractivity contribution in [3.63, 3.8) is 0 Å². The highest BCUT2D eigenvalue weighted by Crippen LogP contribution is 2.15. The van der Waals surface area contributed by atoms with Crippen molar-refractivity contribution in [2.24, 2.45) is 0 Å². The summed E-state index contributed by atoms with van der Waals surface area (Å²) >= 11 is 0. The Balaban J connectivity index is 1.31.